The topological polar surface area (TPSA) is 203 Å². The molecule has 2 aromatic carbocycles. The van der Waals surface area contributed by atoms with E-state index in [1.807, 2.05) is 13.0 Å². The van der Waals surface area contributed by atoms with E-state index in [9.17, 15) is 25.2 Å². The average molecular weight is 789 g/mol. The molecule has 16 heteroatoms. The summed E-state index contributed by atoms with van der Waals surface area (Å²) in [5.41, 5.74) is -1.74. The van der Waals surface area contributed by atoms with Crippen molar-refractivity contribution in [1.29, 1.82) is 0 Å². The Morgan fingerprint density at radius 3 is 2.32 bits per heavy atom. The largest absolute Gasteiger partial charge is 0.506 e. The van der Waals surface area contributed by atoms with Crippen molar-refractivity contribution in [1.82, 2.24) is 0 Å². The summed E-state index contributed by atoms with van der Waals surface area (Å²) in [4.78, 5) is 13.2. The SMILES string of the molecule is COc1c2c(c(O)c3c4c(c(C)cc13)C1OC3(COC5CC(C)(O)C(OC6CC(C)(O)C(OC(C)O)C(C)O6)C(C)O5)OC1[C@@](OC)(O4)[C@@]31CO1)C(=O)CCC2. The van der Waals surface area contributed by atoms with Gasteiger partial charge in [-0.15, -0.1) is 0 Å². The highest BCUT2D eigenvalue weighted by atomic mass is 16.9. The van der Waals surface area contributed by atoms with Gasteiger partial charge in [0, 0.05) is 42.9 Å². The molecule has 1 spiro atoms. The van der Waals surface area contributed by atoms with Gasteiger partial charge in [-0.2, -0.15) is 0 Å². The molecule has 308 valence electrons. The molecule has 5 saturated heterocycles. The molecule has 4 N–H and O–H groups in total. The molecule has 0 radical (unpaired) electrons. The number of aryl methyl sites for hydroxylation is 1. The highest BCUT2D eigenvalue weighted by molar-refractivity contribution is 6.11. The molecule has 2 bridgehead atoms. The number of rotatable bonds is 9. The van der Waals surface area contributed by atoms with Crippen LogP contribution in [0.5, 0.6) is 17.2 Å². The number of benzene rings is 2. The van der Waals surface area contributed by atoms with Crippen LogP contribution in [0.1, 0.15) is 93.5 Å². The van der Waals surface area contributed by atoms with Gasteiger partial charge in [0.25, 0.3) is 5.79 Å². The van der Waals surface area contributed by atoms with E-state index in [-0.39, 0.29) is 43.2 Å². The summed E-state index contributed by atoms with van der Waals surface area (Å²) < 4.78 is 69.2. The minimum atomic E-state index is -1.52. The predicted molar refractivity (Wildman–Crippen MR) is 191 cm³/mol. The van der Waals surface area contributed by atoms with E-state index in [2.05, 4.69) is 0 Å². The molecule has 12 unspecified atom stereocenters. The zero-order valence-corrected chi connectivity index (χ0v) is 32.9. The lowest BCUT2D eigenvalue weighted by Crippen LogP contribution is -2.68. The zero-order valence-electron chi connectivity index (χ0n) is 32.9. The monoisotopic (exact) mass is 788 g/mol. The minimum Gasteiger partial charge on any atom is -0.506 e. The summed E-state index contributed by atoms with van der Waals surface area (Å²) in [6.07, 6.45) is -5.75. The number of hydrogen-bond donors (Lipinski definition) is 4. The number of phenolic OH excluding ortho intramolecular Hbond substituents is 1. The fourth-order valence-electron chi connectivity index (χ4n) is 10.5. The van der Waals surface area contributed by atoms with Crippen LogP contribution in [0.15, 0.2) is 6.07 Å². The van der Waals surface area contributed by atoms with E-state index >= 15 is 0 Å². The molecule has 6 heterocycles. The van der Waals surface area contributed by atoms with Gasteiger partial charge in [0.2, 0.25) is 11.4 Å². The van der Waals surface area contributed by atoms with Gasteiger partial charge in [0.05, 0.1) is 48.1 Å². The van der Waals surface area contributed by atoms with Gasteiger partial charge in [0.15, 0.2) is 30.8 Å². The summed E-state index contributed by atoms with van der Waals surface area (Å²) in [5.74, 6) is -2.51. The Hall–Kier alpha value is -2.71. The molecule has 5 fully saturated rings. The van der Waals surface area contributed by atoms with Gasteiger partial charge in [-0.25, -0.2) is 0 Å². The van der Waals surface area contributed by atoms with Crippen molar-refractivity contribution in [3.05, 3.63) is 28.3 Å². The van der Waals surface area contributed by atoms with E-state index in [0.29, 0.717) is 52.7 Å². The number of ketones is 1. The van der Waals surface area contributed by atoms with Crippen LogP contribution in [0.25, 0.3) is 10.8 Å². The van der Waals surface area contributed by atoms with Crippen LogP contribution in [-0.4, -0.2) is 131 Å². The first-order valence-electron chi connectivity index (χ1n) is 19.5. The van der Waals surface area contributed by atoms with Crippen molar-refractivity contribution in [2.24, 2.45) is 0 Å². The molecular formula is C40H52O16. The number of Topliss-reactive ketones (excluding diaryl/α,β-unsaturated/α-hetero) is 1. The van der Waals surface area contributed by atoms with Gasteiger partial charge in [-0.05, 0) is 66.0 Å². The van der Waals surface area contributed by atoms with E-state index in [1.165, 1.54) is 14.0 Å². The number of fused-ring (bicyclic) bond motifs is 8. The van der Waals surface area contributed by atoms with E-state index in [0.717, 1.165) is 5.56 Å². The third-order valence-corrected chi connectivity index (χ3v) is 12.9. The first kappa shape index (κ1) is 38.8. The van der Waals surface area contributed by atoms with Crippen LogP contribution in [0.2, 0.25) is 0 Å². The van der Waals surface area contributed by atoms with Crippen LogP contribution >= 0.6 is 0 Å². The maximum Gasteiger partial charge on any atom is 0.276 e. The fourth-order valence-corrected chi connectivity index (χ4v) is 10.5. The van der Waals surface area contributed by atoms with Crippen molar-refractivity contribution in [2.75, 3.05) is 27.4 Å². The van der Waals surface area contributed by atoms with Crippen LogP contribution in [0.4, 0.5) is 0 Å². The first-order valence-corrected chi connectivity index (χ1v) is 19.5. The number of carbonyl (C=O) groups excluding carboxylic acids is 1. The Kier molecular flexibility index (Phi) is 8.93. The number of epoxide rings is 1. The van der Waals surface area contributed by atoms with Crippen LogP contribution in [-0.2, 0) is 49.1 Å². The molecule has 0 aromatic heterocycles. The van der Waals surface area contributed by atoms with Crippen LogP contribution in [0.3, 0.4) is 0 Å². The number of carbonyl (C=O) groups is 1. The molecule has 1 aliphatic carbocycles. The number of methoxy groups -OCH3 is 2. The molecule has 14 atom stereocenters. The molecule has 0 amide bonds. The van der Waals surface area contributed by atoms with Gasteiger partial charge in [-0.1, -0.05) is 0 Å². The standard InChI is InChI=1S/C40H52O16/c1-17-12-22-28(29(43)27-21(30(22)46-7)10-9-11-23(27)42)31-26(17)32-35-40(47-8,55-31)38(15-49-38)39(54-32,56-35)16-48-24-13-36(5,44)34(19(3)50-24)53-25-14-37(6,45)33(18(2)51-25)52-20(4)41/h12,18-20,24-25,32-35,41,43-45H,9-11,13-16H2,1-8H3/t18?,19?,20?,24?,25?,32?,33?,34?,35?,36?,37?,38-,39?,40-/m1/s1. The fraction of sp³-hybridized carbons (Fsp3) is 0.725. The van der Waals surface area contributed by atoms with Crippen molar-refractivity contribution in [2.45, 2.75) is 158 Å². The molecule has 9 rings (SSSR count). The van der Waals surface area contributed by atoms with Crippen molar-refractivity contribution >= 4 is 16.6 Å². The Bertz CT molecular complexity index is 1940. The normalized spacial score (nSPS) is 44.1. The number of aromatic hydroxyl groups is 1. The van der Waals surface area contributed by atoms with E-state index in [1.54, 1.807) is 34.8 Å². The molecule has 7 aliphatic rings. The number of ether oxygens (including phenoxy) is 11. The van der Waals surface area contributed by atoms with Gasteiger partial charge >= 0.3 is 0 Å². The van der Waals surface area contributed by atoms with Gasteiger partial charge < -0.3 is 72.5 Å². The number of hydrogen-bond acceptors (Lipinski definition) is 16. The zero-order chi connectivity index (χ0) is 39.9. The summed E-state index contributed by atoms with van der Waals surface area (Å²) >= 11 is 0. The number of aliphatic hydroxyl groups is 3. The quantitative estimate of drug-likeness (QED) is 0.213. The summed E-state index contributed by atoms with van der Waals surface area (Å²) in [7, 11) is 3.06. The lowest BCUT2D eigenvalue weighted by molar-refractivity contribution is -0.354. The van der Waals surface area contributed by atoms with Crippen LogP contribution < -0.4 is 9.47 Å². The molecule has 56 heavy (non-hydrogen) atoms. The highest BCUT2D eigenvalue weighted by Gasteiger charge is 2.91. The van der Waals surface area contributed by atoms with Crippen molar-refractivity contribution in [3.63, 3.8) is 0 Å². The summed E-state index contributed by atoms with van der Waals surface area (Å²) in [6.45, 7) is 10.1. The lowest BCUT2D eigenvalue weighted by atomic mass is 9.78. The second-order valence-corrected chi connectivity index (χ2v) is 17.0. The number of aliphatic hydroxyl groups excluding tert-OH is 1. The Balaban J connectivity index is 0.970. The lowest BCUT2D eigenvalue weighted by Gasteiger charge is -2.50. The molecule has 16 nitrogen and oxygen atoms in total. The first-order chi connectivity index (χ1) is 26.4. The number of phenols is 1. The van der Waals surface area contributed by atoms with Crippen molar-refractivity contribution < 1.29 is 77.3 Å². The second kappa shape index (κ2) is 12.9. The molecule has 0 saturated carbocycles. The summed E-state index contributed by atoms with van der Waals surface area (Å²) in [6, 6.07) is 1.91. The van der Waals surface area contributed by atoms with Crippen LogP contribution in [0, 0.1) is 6.92 Å². The summed E-state index contributed by atoms with van der Waals surface area (Å²) in [5, 5.41) is 45.4. The van der Waals surface area contributed by atoms with Crippen molar-refractivity contribution in [3.8, 4) is 17.2 Å². The second-order valence-electron chi connectivity index (χ2n) is 17.0. The highest BCUT2D eigenvalue weighted by Crippen LogP contribution is 2.71. The Labute approximate surface area is 324 Å². The molecule has 2 aromatic rings. The predicted octanol–water partition coefficient (Wildman–Crippen LogP) is 2.95. The van der Waals surface area contributed by atoms with Gasteiger partial charge in [-0.3, -0.25) is 4.79 Å². The van der Waals surface area contributed by atoms with E-state index < -0.39 is 83.9 Å². The maximum absolute atomic E-state index is 13.2. The maximum atomic E-state index is 13.2. The Morgan fingerprint density at radius 1 is 1.00 bits per heavy atom. The smallest absolute Gasteiger partial charge is 0.276 e. The molecule has 6 aliphatic heterocycles. The molecular weight excluding hydrogens is 736 g/mol. The Morgan fingerprint density at radius 2 is 1.68 bits per heavy atom. The minimum absolute atomic E-state index is 0.00916. The third-order valence-electron chi connectivity index (χ3n) is 12.9. The van der Waals surface area contributed by atoms with Gasteiger partial charge in [0.1, 0.15) is 42.2 Å². The third kappa shape index (κ3) is 5.31. The average Bonchev–Trinajstić information content (AvgIpc) is 3.79. The van der Waals surface area contributed by atoms with E-state index in [4.69, 9.17) is 52.1 Å².